The maximum absolute atomic E-state index is 13.5. The van der Waals surface area contributed by atoms with Crippen molar-refractivity contribution in [3.05, 3.63) is 34.4 Å². The van der Waals surface area contributed by atoms with Gasteiger partial charge in [0.1, 0.15) is 11.9 Å². The van der Waals surface area contributed by atoms with Crippen molar-refractivity contribution >= 4 is 28.4 Å². The lowest BCUT2D eigenvalue weighted by molar-refractivity contribution is -0.135. The first kappa shape index (κ1) is 26.5. The number of anilines is 1. The van der Waals surface area contributed by atoms with Crippen LogP contribution >= 0.6 is 0 Å². The molecule has 0 spiro atoms. The summed E-state index contributed by atoms with van der Waals surface area (Å²) in [5.74, 6) is 2.75. The Morgan fingerprint density at radius 2 is 1.62 bits per heavy atom. The van der Waals surface area contributed by atoms with E-state index in [2.05, 4.69) is 20.9 Å². The Labute approximate surface area is 230 Å². The van der Waals surface area contributed by atoms with Gasteiger partial charge < -0.3 is 10.6 Å². The summed E-state index contributed by atoms with van der Waals surface area (Å²) in [6, 6.07) is 4.94. The Balaban J connectivity index is 0.973. The molecule has 2 aromatic rings. The summed E-state index contributed by atoms with van der Waals surface area (Å²) in [6.07, 6.45) is 15.2. The number of imide groups is 1. The molecule has 0 unspecified atom stereocenters. The van der Waals surface area contributed by atoms with Crippen LogP contribution in [0.3, 0.4) is 0 Å². The lowest BCUT2D eigenvalue weighted by Gasteiger charge is -2.57. The SMILES string of the molecule is Cc1nc2cccc(NCCCCCCCNC34CC5CC(CC(C5)C3)C4)c2c(=O)n1[C@@H]1CCC(=O)NC1=O. The molecule has 210 valence electrons. The Bertz CT molecular complexity index is 1270. The number of carbonyl (C=O) groups excluding carboxylic acids is 2. The predicted octanol–water partition coefficient (Wildman–Crippen LogP) is 4.60. The van der Waals surface area contributed by atoms with Gasteiger partial charge in [0, 0.05) is 24.2 Å². The van der Waals surface area contributed by atoms with Crippen LogP contribution in [0.25, 0.3) is 10.9 Å². The molecule has 4 bridgehead atoms. The average molecular weight is 534 g/mol. The van der Waals surface area contributed by atoms with Crippen molar-refractivity contribution in [3.63, 3.8) is 0 Å². The van der Waals surface area contributed by atoms with Crippen molar-refractivity contribution in [1.82, 2.24) is 20.2 Å². The molecule has 5 aliphatic rings. The Kier molecular flexibility index (Phi) is 7.49. The number of unbranched alkanes of at least 4 members (excludes halogenated alkanes) is 4. The Morgan fingerprint density at radius 3 is 2.31 bits per heavy atom. The molecule has 2 heterocycles. The second-order valence-corrected chi connectivity index (χ2v) is 12.8. The third kappa shape index (κ3) is 5.49. The van der Waals surface area contributed by atoms with Gasteiger partial charge in [0.25, 0.3) is 5.56 Å². The number of nitrogens with one attached hydrogen (secondary N) is 3. The molecule has 3 N–H and O–H groups in total. The smallest absolute Gasteiger partial charge is 0.264 e. The number of amides is 2. The minimum atomic E-state index is -0.711. The van der Waals surface area contributed by atoms with Crippen molar-refractivity contribution in [3.8, 4) is 0 Å². The van der Waals surface area contributed by atoms with Gasteiger partial charge in [-0.3, -0.25) is 24.3 Å². The highest BCUT2D eigenvalue weighted by atomic mass is 16.2. The van der Waals surface area contributed by atoms with Crippen LogP contribution in [0, 0.1) is 24.7 Å². The van der Waals surface area contributed by atoms with Gasteiger partial charge in [-0.2, -0.15) is 0 Å². The first-order valence-corrected chi connectivity index (χ1v) is 15.3. The molecule has 8 heteroatoms. The van der Waals surface area contributed by atoms with E-state index in [1.54, 1.807) is 6.92 Å². The van der Waals surface area contributed by atoms with Crippen LogP contribution in [0.5, 0.6) is 0 Å². The molecular weight excluding hydrogens is 490 g/mol. The van der Waals surface area contributed by atoms with Crippen molar-refractivity contribution in [2.75, 3.05) is 18.4 Å². The molecule has 1 atom stereocenters. The molecule has 1 saturated heterocycles. The van der Waals surface area contributed by atoms with Crippen LogP contribution in [-0.4, -0.2) is 40.0 Å². The van der Waals surface area contributed by atoms with Crippen molar-refractivity contribution in [1.29, 1.82) is 0 Å². The monoisotopic (exact) mass is 533 g/mol. The quantitative estimate of drug-likeness (QED) is 0.288. The van der Waals surface area contributed by atoms with E-state index in [1.165, 1.54) is 62.4 Å². The van der Waals surface area contributed by atoms with E-state index < -0.39 is 11.9 Å². The molecule has 4 saturated carbocycles. The van der Waals surface area contributed by atoms with Gasteiger partial charge >= 0.3 is 0 Å². The molecular formula is C31H43N5O3. The summed E-state index contributed by atoms with van der Waals surface area (Å²) in [4.78, 5) is 42.2. The van der Waals surface area contributed by atoms with Gasteiger partial charge in [-0.1, -0.05) is 25.3 Å². The third-order valence-electron chi connectivity index (χ3n) is 9.84. The molecule has 5 fully saturated rings. The molecule has 4 aliphatic carbocycles. The van der Waals surface area contributed by atoms with Crippen LogP contribution in [0.1, 0.15) is 95.3 Å². The molecule has 1 aliphatic heterocycles. The number of hydrogen-bond acceptors (Lipinski definition) is 6. The minimum absolute atomic E-state index is 0.221. The summed E-state index contributed by atoms with van der Waals surface area (Å²) < 4.78 is 1.45. The summed E-state index contributed by atoms with van der Waals surface area (Å²) in [6.45, 7) is 3.69. The highest BCUT2D eigenvalue weighted by Crippen LogP contribution is 2.55. The van der Waals surface area contributed by atoms with Gasteiger partial charge in [0.2, 0.25) is 11.8 Å². The fraction of sp³-hybridized carbons (Fsp3) is 0.677. The molecule has 39 heavy (non-hydrogen) atoms. The first-order valence-electron chi connectivity index (χ1n) is 15.3. The Hall–Kier alpha value is -2.74. The van der Waals surface area contributed by atoms with E-state index in [-0.39, 0.29) is 17.9 Å². The number of hydrogen-bond donors (Lipinski definition) is 3. The summed E-state index contributed by atoms with van der Waals surface area (Å²) >= 11 is 0. The highest BCUT2D eigenvalue weighted by molar-refractivity contribution is 5.99. The maximum Gasteiger partial charge on any atom is 0.264 e. The second-order valence-electron chi connectivity index (χ2n) is 12.8. The van der Waals surface area contributed by atoms with Crippen LogP contribution < -0.4 is 21.5 Å². The van der Waals surface area contributed by atoms with Crippen molar-refractivity contribution < 1.29 is 9.59 Å². The van der Waals surface area contributed by atoms with Crippen LogP contribution in [0.2, 0.25) is 0 Å². The van der Waals surface area contributed by atoms with Crippen LogP contribution in [-0.2, 0) is 9.59 Å². The number of benzene rings is 1. The predicted molar refractivity (Wildman–Crippen MR) is 153 cm³/mol. The lowest BCUT2D eigenvalue weighted by Crippen LogP contribution is -2.58. The van der Waals surface area contributed by atoms with E-state index in [1.807, 2.05) is 18.2 Å². The van der Waals surface area contributed by atoms with Gasteiger partial charge in [0.05, 0.1) is 10.9 Å². The van der Waals surface area contributed by atoms with E-state index in [0.717, 1.165) is 49.4 Å². The molecule has 2 amide bonds. The first-order chi connectivity index (χ1) is 18.9. The van der Waals surface area contributed by atoms with Crippen LogP contribution in [0.4, 0.5) is 5.69 Å². The molecule has 7 rings (SSSR count). The number of rotatable bonds is 11. The molecule has 0 radical (unpaired) electrons. The van der Waals surface area contributed by atoms with Crippen molar-refractivity contribution in [2.45, 2.75) is 102 Å². The van der Waals surface area contributed by atoms with E-state index >= 15 is 0 Å². The molecule has 8 nitrogen and oxygen atoms in total. The molecule has 1 aromatic carbocycles. The number of aryl methyl sites for hydroxylation is 1. The van der Waals surface area contributed by atoms with Gasteiger partial charge in [-0.15, -0.1) is 0 Å². The normalized spacial score (nSPS) is 29.7. The molecule has 1 aromatic heterocycles. The van der Waals surface area contributed by atoms with E-state index in [4.69, 9.17) is 0 Å². The zero-order chi connectivity index (χ0) is 27.0. The standard InChI is InChI=1S/C31H43N5O3/c1-20-34-25-9-7-8-24(28(25)30(39)36(20)26-10-11-27(37)35-29(26)38)32-12-5-3-2-4-6-13-33-31-17-21-14-22(18-31)16-23(15-21)19-31/h7-9,21-23,26,32-33H,2-6,10-19H2,1H3,(H,35,37,38)/t21?,22?,23?,26-,31?/m1/s1. The fourth-order valence-electron chi connectivity index (χ4n) is 8.48. The fourth-order valence-corrected chi connectivity index (χ4v) is 8.48. The minimum Gasteiger partial charge on any atom is -0.384 e. The van der Waals surface area contributed by atoms with Gasteiger partial charge in [-0.05, 0) is 101 Å². The summed E-state index contributed by atoms with van der Waals surface area (Å²) in [5, 5.41) is 10.3. The van der Waals surface area contributed by atoms with Crippen LogP contribution in [0.15, 0.2) is 23.0 Å². The zero-order valence-corrected chi connectivity index (χ0v) is 23.3. The maximum atomic E-state index is 13.5. The second kappa shape index (κ2) is 11.0. The third-order valence-corrected chi connectivity index (χ3v) is 9.84. The summed E-state index contributed by atoms with van der Waals surface area (Å²) in [5.41, 5.74) is 1.62. The highest BCUT2D eigenvalue weighted by Gasteiger charge is 2.50. The Morgan fingerprint density at radius 1 is 0.949 bits per heavy atom. The van der Waals surface area contributed by atoms with Gasteiger partial charge in [-0.25, -0.2) is 4.98 Å². The number of piperidine rings is 1. The number of carbonyl (C=O) groups is 2. The topological polar surface area (TPSA) is 105 Å². The number of aromatic nitrogens is 2. The zero-order valence-electron chi connectivity index (χ0n) is 23.3. The number of nitrogens with zero attached hydrogens (tertiary/aromatic N) is 2. The van der Waals surface area contributed by atoms with Crippen molar-refractivity contribution in [2.24, 2.45) is 17.8 Å². The number of fused-ring (bicyclic) bond motifs is 1. The lowest BCUT2D eigenvalue weighted by atomic mass is 9.53. The van der Waals surface area contributed by atoms with E-state index in [0.29, 0.717) is 28.7 Å². The summed E-state index contributed by atoms with van der Waals surface area (Å²) in [7, 11) is 0. The average Bonchev–Trinajstić information content (AvgIpc) is 2.88. The largest absolute Gasteiger partial charge is 0.384 e. The van der Waals surface area contributed by atoms with Gasteiger partial charge in [0.15, 0.2) is 0 Å². The van der Waals surface area contributed by atoms with E-state index in [9.17, 15) is 14.4 Å².